The number of ether oxygens (including phenoxy) is 1. The summed E-state index contributed by atoms with van der Waals surface area (Å²) in [5, 5.41) is 0. The molecule has 1 heterocycles. The molecule has 0 aromatic heterocycles. The van der Waals surface area contributed by atoms with Gasteiger partial charge in [0.1, 0.15) is 0 Å². The monoisotopic (exact) mass is 303 g/mol. The Hall–Kier alpha value is -0.570. The fourth-order valence-electron chi connectivity index (χ4n) is 6.59. The molecule has 1 aliphatic heterocycles. The zero-order valence-electron chi connectivity index (χ0n) is 13.6. The lowest BCUT2D eigenvalue weighted by molar-refractivity contribution is -0.162. The van der Waals surface area contributed by atoms with E-state index in [1.165, 1.54) is 51.4 Å². The van der Waals surface area contributed by atoms with Crippen molar-refractivity contribution in [2.75, 3.05) is 13.2 Å². The van der Waals surface area contributed by atoms with Gasteiger partial charge in [0.05, 0.1) is 5.41 Å². The number of nitrogens with zero attached hydrogens (tertiary/aromatic N) is 1. The van der Waals surface area contributed by atoms with Crippen LogP contribution in [-0.2, 0) is 9.53 Å². The summed E-state index contributed by atoms with van der Waals surface area (Å²) < 4.78 is 5.54. The zero-order valence-corrected chi connectivity index (χ0v) is 13.6. The Balaban J connectivity index is 1.42. The SMILES string of the molecule is O=C(N(C1CCOCC1)C1CC1)C12CC3CC(CC(C3)C1)C2. The van der Waals surface area contributed by atoms with Crippen LogP contribution in [0.15, 0.2) is 0 Å². The Morgan fingerprint density at radius 3 is 1.82 bits per heavy atom. The van der Waals surface area contributed by atoms with E-state index in [4.69, 9.17) is 4.74 Å². The van der Waals surface area contributed by atoms with Gasteiger partial charge in [0, 0.05) is 25.3 Å². The van der Waals surface area contributed by atoms with Gasteiger partial charge in [-0.2, -0.15) is 0 Å². The van der Waals surface area contributed by atoms with Crippen molar-refractivity contribution >= 4 is 5.91 Å². The summed E-state index contributed by atoms with van der Waals surface area (Å²) in [5.41, 5.74) is 0.0512. The molecule has 0 aromatic carbocycles. The second-order valence-electron chi connectivity index (χ2n) is 8.99. The van der Waals surface area contributed by atoms with Gasteiger partial charge in [-0.1, -0.05) is 0 Å². The highest BCUT2D eigenvalue weighted by atomic mass is 16.5. The summed E-state index contributed by atoms with van der Waals surface area (Å²) in [6, 6.07) is 1.05. The number of amides is 1. The largest absolute Gasteiger partial charge is 0.381 e. The minimum absolute atomic E-state index is 0.0512. The third-order valence-corrected chi connectivity index (χ3v) is 7.25. The second kappa shape index (κ2) is 4.96. The van der Waals surface area contributed by atoms with Crippen LogP contribution in [0, 0.1) is 23.2 Å². The molecule has 4 bridgehead atoms. The van der Waals surface area contributed by atoms with Crippen molar-refractivity contribution in [2.45, 2.75) is 76.3 Å². The third kappa shape index (κ3) is 2.15. The highest BCUT2D eigenvalue weighted by Gasteiger charge is 2.57. The zero-order chi connectivity index (χ0) is 14.7. The first-order chi connectivity index (χ1) is 10.7. The van der Waals surface area contributed by atoms with Crippen LogP contribution in [0.25, 0.3) is 0 Å². The van der Waals surface area contributed by atoms with E-state index < -0.39 is 0 Å². The van der Waals surface area contributed by atoms with Crippen LogP contribution >= 0.6 is 0 Å². The maximum absolute atomic E-state index is 13.7. The van der Waals surface area contributed by atoms with E-state index in [9.17, 15) is 4.79 Å². The quantitative estimate of drug-likeness (QED) is 0.800. The van der Waals surface area contributed by atoms with Gasteiger partial charge in [-0.05, 0) is 82.0 Å². The van der Waals surface area contributed by atoms with Crippen molar-refractivity contribution < 1.29 is 9.53 Å². The Morgan fingerprint density at radius 1 is 0.818 bits per heavy atom. The Bertz CT molecular complexity index is 429. The Kier molecular flexibility index (Phi) is 3.12. The lowest BCUT2D eigenvalue weighted by atomic mass is 9.49. The van der Waals surface area contributed by atoms with E-state index in [1.807, 2.05) is 0 Å². The fraction of sp³-hybridized carbons (Fsp3) is 0.947. The van der Waals surface area contributed by atoms with Crippen molar-refractivity contribution in [1.29, 1.82) is 0 Å². The van der Waals surface area contributed by atoms with Gasteiger partial charge in [0.25, 0.3) is 0 Å². The maximum Gasteiger partial charge on any atom is 0.229 e. The van der Waals surface area contributed by atoms with Crippen molar-refractivity contribution in [1.82, 2.24) is 4.90 Å². The predicted octanol–water partition coefficient (Wildman–Crippen LogP) is 3.37. The molecule has 6 aliphatic rings. The summed E-state index contributed by atoms with van der Waals surface area (Å²) in [6.45, 7) is 1.70. The first kappa shape index (κ1) is 13.8. The van der Waals surface area contributed by atoms with Crippen LogP contribution in [0.2, 0.25) is 0 Å². The molecular weight excluding hydrogens is 274 g/mol. The summed E-state index contributed by atoms with van der Waals surface area (Å²) in [5.74, 6) is 3.17. The van der Waals surface area contributed by atoms with E-state index >= 15 is 0 Å². The molecule has 1 amide bonds. The van der Waals surface area contributed by atoms with Crippen LogP contribution in [0.1, 0.15) is 64.2 Å². The van der Waals surface area contributed by atoms with Gasteiger partial charge >= 0.3 is 0 Å². The summed E-state index contributed by atoms with van der Waals surface area (Å²) in [4.78, 5) is 16.0. The first-order valence-corrected chi connectivity index (χ1v) is 9.64. The van der Waals surface area contributed by atoms with Crippen LogP contribution in [-0.4, -0.2) is 36.1 Å². The van der Waals surface area contributed by atoms with Crippen molar-refractivity contribution in [3.8, 4) is 0 Å². The minimum atomic E-state index is 0.0512. The number of rotatable bonds is 3. The van der Waals surface area contributed by atoms with Gasteiger partial charge < -0.3 is 9.64 Å². The summed E-state index contributed by atoms with van der Waals surface area (Å²) in [6.07, 6.45) is 12.5. The van der Waals surface area contributed by atoms with E-state index in [0.717, 1.165) is 43.8 Å². The number of hydrogen-bond acceptors (Lipinski definition) is 2. The lowest BCUT2D eigenvalue weighted by Gasteiger charge is -2.57. The molecule has 0 spiro atoms. The molecule has 1 saturated heterocycles. The van der Waals surface area contributed by atoms with Gasteiger partial charge in [-0.25, -0.2) is 0 Å². The van der Waals surface area contributed by atoms with Crippen molar-refractivity contribution in [2.24, 2.45) is 23.2 Å². The molecule has 0 unspecified atom stereocenters. The number of carbonyl (C=O) groups excluding carboxylic acids is 1. The second-order valence-corrected chi connectivity index (χ2v) is 8.99. The molecule has 5 saturated carbocycles. The molecule has 0 aromatic rings. The molecule has 6 fully saturated rings. The van der Waals surface area contributed by atoms with E-state index in [2.05, 4.69) is 4.90 Å². The molecule has 5 aliphatic carbocycles. The van der Waals surface area contributed by atoms with E-state index in [0.29, 0.717) is 18.0 Å². The van der Waals surface area contributed by atoms with Crippen LogP contribution in [0.3, 0.4) is 0 Å². The first-order valence-electron chi connectivity index (χ1n) is 9.64. The van der Waals surface area contributed by atoms with E-state index in [-0.39, 0.29) is 5.41 Å². The molecule has 6 rings (SSSR count). The molecule has 122 valence electrons. The molecule has 3 nitrogen and oxygen atoms in total. The van der Waals surface area contributed by atoms with Crippen molar-refractivity contribution in [3.63, 3.8) is 0 Å². The molecule has 3 heteroatoms. The molecule has 0 radical (unpaired) electrons. The molecule has 0 atom stereocenters. The maximum atomic E-state index is 13.7. The van der Waals surface area contributed by atoms with Crippen LogP contribution in [0.5, 0.6) is 0 Å². The van der Waals surface area contributed by atoms with Gasteiger partial charge in [0.2, 0.25) is 5.91 Å². The Morgan fingerprint density at radius 2 is 1.32 bits per heavy atom. The number of hydrogen-bond donors (Lipinski definition) is 0. The molecule has 22 heavy (non-hydrogen) atoms. The third-order valence-electron chi connectivity index (χ3n) is 7.25. The standard InChI is InChI=1S/C19H29NO2/c21-18(20(16-1-2-16)17-3-5-22-6-4-17)19-10-13-7-14(11-19)9-15(8-13)12-19/h13-17H,1-12H2. The molecular formula is C19H29NO2. The van der Waals surface area contributed by atoms with E-state index in [1.54, 1.807) is 0 Å². The summed E-state index contributed by atoms with van der Waals surface area (Å²) >= 11 is 0. The van der Waals surface area contributed by atoms with Crippen molar-refractivity contribution in [3.05, 3.63) is 0 Å². The molecule has 0 N–H and O–H groups in total. The smallest absolute Gasteiger partial charge is 0.229 e. The van der Waals surface area contributed by atoms with Gasteiger partial charge in [0.15, 0.2) is 0 Å². The normalized spacial score (nSPS) is 44.3. The predicted molar refractivity (Wildman–Crippen MR) is 84.3 cm³/mol. The topological polar surface area (TPSA) is 29.5 Å². The highest BCUT2D eigenvalue weighted by Crippen LogP contribution is 2.61. The van der Waals surface area contributed by atoms with Crippen LogP contribution < -0.4 is 0 Å². The minimum Gasteiger partial charge on any atom is -0.381 e. The van der Waals surface area contributed by atoms with Crippen LogP contribution in [0.4, 0.5) is 0 Å². The average molecular weight is 303 g/mol. The highest BCUT2D eigenvalue weighted by molar-refractivity contribution is 5.84. The Labute approximate surface area is 133 Å². The number of carbonyl (C=O) groups is 1. The van der Waals surface area contributed by atoms with Gasteiger partial charge in [-0.15, -0.1) is 0 Å². The lowest BCUT2D eigenvalue weighted by Crippen LogP contribution is -2.57. The average Bonchev–Trinajstić information content (AvgIpc) is 3.32. The summed E-state index contributed by atoms with van der Waals surface area (Å²) in [7, 11) is 0. The van der Waals surface area contributed by atoms with Gasteiger partial charge in [-0.3, -0.25) is 4.79 Å². The fourth-order valence-corrected chi connectivity index (χ4v) is 6.59.